The molecule has 1 amide bonds. The molecule has 0 aliphatic carbocycles. The van der Waals surface area contributed by atoms with Crippen molar-refractivity contribution in [2.45, 2.75) is 45.4 Å². The van der Waals surface area contributed by atoms with Gasteiger partial charge < -0.3 is 15.0 Å². The highest BCUT2D eigenvalue weighted by atomic mass is 16.5. The number of hydrogen-bond donors (Lipinski definition) is 3. The molecule has 2 heterocycles. The van der Waals surface area contributed by atoms with Crippen LogP contribution in [0.15, 0.2) is 47.7 Å². The lowest BCUT2D eigenvalue weighted by Crippen LogP contribution is -2.35. The zero-order valence-corrected chi connectivity index (χ0v) is 17.6. The first-order valence-corrected chi connectivity index (χ1v) is 10.1. The molecule has 0 spiro atoms. The maximum atomic E-state index is 13.2. The SMILES string of the molecule is CC(C)Oc1ccnc(N[C@@H]2C[C@@H](C)N(C(=O)c3ccccc3N/N=C\C=[NH2+])C2)c1. The van der Waals surface area contributed by atoms with E-state index in [4.69, 9.17) is 10.1 Å². The number of amides is 1. The summed E-state index contributed by atoms with van der Waals surface area (Å²) in [6.07, 6.45) is 5.41. The number of rotatable bonds is 8. The van der Waals surface area contributed by atoms with Crippen molar-refractivity contribution < 1.29 is 14.9 Å². The van der Waals surface area contributed by atoms with Gasteiger partial charge in [-0.15, -0.1) is 0 Å². The van der Waals surface area contributed by atoms with Gasteiger partial charge in [0, 0.05) is 30.9 Å². The Kier molecular flexibility index (Phi) is 7.00. The monoisotopic (exact) mass is 409 g/mol. The molecular weight excluding hydrogens is 380 g/mol. The Morgan fingerprint density at radius 2 is 2.17 bits per heavy atom. The number of nitrogens with zero attached hydrogens (tertiary/aromatic N) is 3. The van der Waals surface area contributed by atoms with Crippen LogP contribution in [0.5, 0.6) is 5.75 Å². The van der Waals surface area contributed by atoms with Crippen LogP contribution >= 0.6 is 0 Å². The molecule has 1 aromatic heterocycles. The Labute approximate surface area is 176 Å². The normalized spacial score (nSPS) is 18.6. The average molecular weight is 410 g/mol. The fourth-order valence-electron chi connectivity index (χ4n) is 3.53. The highest BCUT2D eigenvalue weighted by Gasteiger charge is 2.33. The number of hydrazone groups is 1. The molecule has 0 saturated carbocycles. The predicted octanol–water partition coefficient (Wildman–Crippen LogP) is 1.81. The number of likely N-dealkylation sites (tertiary alicyclic amines) is 1. The molecule has 1 aliphatic heterocycles. The molecule has 8 heteroatoms. The molecule has 0 radical (unpaired) electrons. The van der Waals surface area contributed by atoms with Crippen LogP contribution in [0.25, 0.3) is 0 Å². The van der Waals surface area contributed by atoms with Crippen molar-refractivity contribution in [3.05, 3.63) is 48.2 Å². The van der Waals surface area contributed by atoms with Crippen molar-refractivity contribution in [1.29, 1.82) is 0 Å². The van der Waals surface area contributed by atoms with Crippen molar-refractivity contribution in [1.82, 2.24) is 9.88 Å². The maximum Gasteiger partial charge on any atom is 0.256 e. The first-order chi connectivity index (χ1) is 14.5. The molecule has 0 bridgehead atoms. The number of aromatic nitrogens is 1. The van der Waals surface area contributed by atoms with Gasteiger partial charge in [-0.2, -0.15) is 5.10 Å². The van der Waals surface area contributed by atoms with E-state index in [0.29, 0.717) is 17.8 Å². The summed E-state index contributed by atoms with van der Waals surface area (Å²) in [5, 5.41) is 12.7. The summed E-state index contributed by atoms with van der Waals surface area (Å²) in [6.45, 7) is 6.62. The summed E-state index contributed by atoms with van der Waals surface area (Å²) >= 11 is 0. The zero-order valence-electron chi connectivity index (χ0n) is 17.6. The fraction of sp³-hybridized carbons (Fsp3) is 0.364. The third kappa shape index (κ3) is 5.34. The minimum absolute atomic E-state index is 0.0355. The lowest BCUT2D eigenvalue weighted by Gasteiger charge is -2.22. The average Bonchev–Trinajstić information content (AvgIpc) is 3.08. The molecule has 1 saturated heterocycles. The highest BCUT2D eigenvalue weighted by molar-refractivity contribution is 6.13. The van der Waals surface area contributed by atoms with Gasteiger partial charge >= 0.3 is 0 Å². The van der Waals surface area contributed by atoms with E-state index in [9.17, 15) is 4.79 Å². The molecule has 2 aromatic rings. The summed E-state index contributed by atoms with van der Waals surface area (Å²) in [4.78, 5) is 19.5. The van der Waals surface area contributed by atoms with Gasteiger partial charge in [-0.25, -0.2) is 4.98 Å². The Hall–Kier alpha value is -3.42. The van der Waals surface area contributed by atoms with Crippen LogP contribution in [0, 0.1) is 0 Å². The Bertz CT molecular complexity index is 914. The minimum atomic E-state index is -0.0355. The third-order valence-electron chi connectivity index (χ3n) is 4.79. The highest BCUT2D eigenvalue weighted by Crippen LogP contribution is 2.26. The van der Waals surface area contributed by atoms with E-state index in [1.807, 2.05) is 49.1 Å². The van der Waals surface area contributed by atoms with E-state index in [1.54, 1.807) is 12.3 Å². The van der Waals surface area contributed by atoms with Gasteiger partial charge in [-0.3, -0.25) is 15.6 Å². The molecule has 2 atom stereocenters. The van der Waals surface area contributed by atoms with Gasteiger partial charge in [0.25, 0.3) is 5.91 Å². The molecule has 1 aliphatic rings. The third-order valence-corrected chi connectivity index (χ3v) is 4.79. The second kappa shape index (κ2) is 9.87. The van der Waals surface area contributed by atoms with Gasteiger partial charge in [0.15, 0.2) is 6.21 Å². The number of ether oxygens (including phenoxy) is 1. The number of nitrogens with one attached hydrogen (secondary N) is 2. The summed E-state index contributed by atoms with van der Waals surface area (Å²) in [5.41, 5.74) is 4.09. The van der Waals surface area contributed by atoms with Crippen LogP contribution in [0.1, 0.15) is 37.6 Å². The first kappa shape index (κ1) is 21.3. The molecule has 0 unspecified atom stereocenters. The van der Waals surface area contributed by atoms with Crippen LogP contribution in [-0.2, 0) is 0 Å². The fourth-order valence-corrected chi connectivity index (χ4v) is 3.53. The second-order valence-corrected chi connectivity index (χ2v) is 7.55. The van der Waals surface area contributed by atoms with Crippen LogP contribution in [-0.4, -0.2) is 53.0 Å². The number of carbonyl (C=O) groups is 1. The van der Waals surface area contributed by atoms with Crippen LogP contribution in [0.4, 0.5) is 11.5 Å². The van der Waals surface area contributed by atoms with Crippen molar-refractivity contribution in [2.24, 2.45) is 5.10 Å². The van der Waals surface area contributed by atoms with Gasteiger partial charge in [0.1, 0.15) is 17.8 Å². The quantitative estimate of drug-likeness (QED) is 0.456. The van der Waals surface area contributed by atoms with Gasteiger partial charge in [0.2, 0.25) is 0 Å². The predicted molar refractivity (Wildman–Crippen MR) is 119 cm³/mol. The number of pyridine rings is 1. The number of anilines is 2. The van der Waals surface area contributed by atoms with Crippen LogP contribution in [0.2, 0.25) is 0 Å². The van der Waals surface area contributed by atoms with Crippen molar-refractivity contribution >= 4 is 29.8 Å². The minimum Gasteiger partial charge on any atom is -0.491 e. The van der Waals surface area contributed by atoms with Crippen LogP contribution in [0.3, 0.4) is 0 Å². The van der Waals surface area contributed by atoms with E-state index in [0.717, 1.165) is 18.0 Å². The molecule has 4 N–H and O–H groups in total. The summed E-state index contributed by atoms with van der Waals surface area (Å²) in [7, 11) is 0. The van der Waals surface area contributed by atoms with E-state index in [-0.39, 0.29) is 24.1 Å². The molecule has 8 nitrogen and oxygen atoms in total. The van der Waals surface area contributed by atoms with Gasteiger partial charge in [-0.05, 0) is 45.4 Å². The molecule has 158 valence electrons. The molecule has 30 heavy (non-hydrogen) atoms. The maximum absolute atomic E-state index is 13.2. The largest absolute Gasteiger partial charge is 0.491 e. The first-order valence-electron chi connectivity index (χ1n) is 10.1. The second-order valence-electron chi connectivity index (χ2n) is 7.55. The van der Waals surface area contributed by atoms with Gasteiger partial charge in [0.05, 0.1) is 17.4 Å². The Balaban J connectivity index is 1.69. The van der Waals surface area contributed by atoms with Crippen molar-refractivity contribution in [3.8, 4) is 5.75 Å². The number of para-hydroxylation sites is 1. The van der Waals surface area contributed by atoms with E-state index < -0.39 is 0 Å². The van der Waals surface area contributed by atoms with Crippen LogP contribution < -0.4 is 20.9 Å². The van der Waals surface area contributed by atoms with E-state index >= 15 is 0 Å². The molecule has 3 rings (SSSR count). The molecule has 1 fully saturated rings. The smallest absolute Gasteiger partial charge is 0.256 e. The lowest BCUT2D eigenvalue weighted by atomic mass is 10.1. The van der Waals surface area contributed by atoms with E-state index in [1.165, 1.54) is 12.4 Å². The number of benzene rings is 1. The topological polar surface area (TPSA) is 104 Å². The molecular formula is C22H29N6O2+. The van der Waals surface area contributed by atoms with Crippen molar-refractivity contribution in [2.75, 3.05) is 17.3 Å². The molecule has 1 aromatic carbocycles. The number of carbonyl (C=O) groups excluding carboxylic acids is 1. The van der Waals surface area contributed by atoms with Gasteiger partial charge in [-0.1, -0.05) is 12.1 Å². The lowest BCUT2D eigenvalue weighted by molar-refractivity contribution is -0.102. The standard InChI is InChI=1S/C22H28N6O2/c1-15(2)30-18-8-10-24-21(13-18)26-17-12-16(3)28(14-17)22(29)19-6-4-5-7-20(19)27-25-11-9-23/h4-11,13,15-17,23,27H,12,14H2,1-3H3,(H,24,26)/p+1/b23-9?,25-11-/t16-,17-/m1/s1. The summed E-state index contributed by atoms with van der Waals surface area (Å²) in [6, 6.07) is 11.3. The number of hydrogen-bond acceptors (Lipinski definition) is 6. The Morgan fingerprint density at radius 3 is 2.93 bits per heavy atom. The summed E-state index contributed by atoms with van der Waals surface area (Å²) in [5.74, 6) is 1.48. The van der Waals surface area contributed by atoms with E-state index in [2.05, 4.69) is 27.8 Å². The zero-order chi connectivity index (χ0) is 21.5. The summed E-state index contributed by atoms with van der Waals surface area (Å²) < 4.78 is 5.74. The Morgan fingerprint density at radius 1 is 1.37 bits per heavy atom. The van der Waals surface area contributed by atoms with Crippen molar-refractivity contribution in [3.63, 3.8) is 0 Å². The number of nitrogens with two attached hydrogens (primary N) is 1.